The van der Waals surface area contributed by atoms with Crippen LogP contribution in [0.5, 0.6) is 0 Å². The Morgan fingerprint density at radius 2 is 1.94 bits per heavy atom. The first-order chi connectivity index (χ1) is 8.36. The molecule has 1 rings (SSSR count). The third-order valence-electron chi connectivity index (χ3n) is 2.93. The molecule has 0 saturated carbocycles. The molecular formula is C15H24N2O. The largest absolute Gasteiger partial charge is 0.324 e. The number of benzene rings is 1. The Labute approximate surface area is 110 Å². The summed E-state index contributed by atoms with van der Waals surface area (Å²) < 4.78 is 0. The average molecular weight is 248 g/mol. The molecule has 1 atom stereocenters. The van der Waals surface area contributed by atoms with Gasteiger partial charge in [-0.3, -0.25) is 4.79 Å². The van der Waals surface area contributed by atoms with Gasteiger partial charge in [-0.25, -0.2) is 0 Å². The molecule has 0 spiro atoms. The maximum atomic E-state index is 11.9. The lowest BCUT2D eigenvalue weighted by molar-refractivity contribution is -0.117. The Morgan fingerprint density at radius 3 is 2.50 bits per heavy atom. The number of amides is 1. The minimum Gasteiger partial charge on any atom is -0.324 e. The molecule has 1 aromatic carbocycles. The minimum absolute atomic E-state index is 0.00126. The van der Waals surface area contributed by atoms with Crippen molar-refractivity contribution in [1.82, 2.24) is 0 Å². The molecule has 0 saturated heterocycles. The quantitative estimate of drug-likeness (QED) is 0.860. The summed E-state index contributed by atoms with van der Waals surface area (Å²) in [6.45, 7) is 8.41. The van der Waals surface area contributed by atoms with Crippen molar-refractivity contribution >= 4 is 11.6 Å². The molecule has 0 fully saturated rings. The van der Waals surface area contributed by atoms with Crippen molar-refractivity contribution < 1.29 is 4.79 Å². The number of nitrogens with one attached hydrogen (secondary N) is 1. The van der Waals surface area contributed by atoms with E-state index < -0.39 is 6.04 Å². The van der Waals surface area contributed by atoms with E-state index in [0.717, 1.165) is 17.7 Å². The fourth-order valence-electron chi connectivity index (χ4n) is 1.91. The highest BCUT2D eigenvalue weighted by atomic mass is 16.2. The highest BCUT2D eigenvalue weighted by Crippen LogP contribution is 2.29. The highest BCUT2D eigenvalue weighted by molar-refractivity contribution is 5.95. The molecule has 3 heteroatoms. The number of carbonyl (C=O) groups excluding carboxylic acids is 1. The summed E-state index contributed by atoms with van der Waals surface area (Å²) in [6.07, 6.45) is 1.62. The number of anilines is 1. The van der Waals surface area contributed by atoms with Crippen molar-refractivity contribution in [3.8, 4) is 0 Å². The summed E-state index contributed by atoms with van der Waals surface area (Å²) in [6, 6.07) is 7.46. The van der Waals surface area contributed by atoms with E-state index in [1.165, 1.54) is 0 Å². The van der Waals surface area contributed by atoms with Crippen LogP contribution in [0.3, 0.4) is 0 Å². The van der Waals surface area contributed by atoms with Gasteiger partial charge in [0.15, 0.2) is 0 Å². The number of hydrogen-bond donors (Lipinski definition) is 2. The molecule has 1 amide bonds. The zero-order valence-corrected chi connectivity index (χ0v) is 11.8. The van der Waals surface area contributed by atoms with Gasteiger partial charge < -0.3 is 11.1 Å². The van der Waals surface area contributed by atoms with E-state index >= 15 is 0 Å². The fourth-order valence-corrected chi connectivity index (χ4v) is 1.91. The second-order valence-electron chi connectivity index (χ2n) is 5.68. The predicted molar refractivity (Wildman–Crippen MR) is 76.7 cm³/mol. The van der Waals surface area contributed by atoms with E-state index in [2.05, 4.69) is 26.1 Å². The summed E-state index contributed by atoms with van der Waals surface area (Å²) in [5.74, 6) is -0.103. The number of carbonyl (C=O) groups is 1. The van der Waals surface area contributed by atoms with E-state index in [0.29, 0.717) is 6.42 Å². The Bertz CT molecular complexity index is 407. The molecule has 0 aliphatic rings. The first-order valence-electron chi connectivity index (χ1n) is 6.52. The zero-order valence-electron chi connectivity index (χ0n) is 11.8. The number of para-hydroxylation sites is 1. The van der Waals surface area contributed by atoms with Gasteiger partial charge >= 0.3 is 0 Å². The van der Waals surface area contributed by atoms with Crippen LogP contribution in [0, 0.1) is 0 Å². The SMILES string of the molecule is CCCC(N)C(=O)Nc1ccccc1C(C)(C)C. The van der Waals surface area contributed by atoms with E-state index in [1.807, 2.05) is 31.2 Å². The van der Waals surface area contributed by atoms with Crippen molar-refractivity contribution in [2.45, 2.75) is 52.0 Å². The highest BCUT2D eigenvalue weighted by Gasteiger charge is 2.20. The molecule has 0 aromatic heterocycles. The van der Waals surface area contributed by atoms with Crippen LogP contribution in [-0.4, -0.2) is 11.9 Å². The molecule has 18 heavy (non-hydrogen) atoms. The molecule has 3 nitrogen and oxygen atoms in total. The Kier molecular flexibility index (Phi) is 4.91. The topological polar surface area (TPSA) is 55.1 Å². The Balaban J connectivity index is 2.88. The molecule has 1 unspecified atom stereocenters. The van der Waals surface area contributed by atoms with Crippen LogP contribution in [0.1, 0.15) is 46.1 Å². The minimum atomic E-state index is -0.428. The van der Waals surface area contributed by atoms with Gasteiger partial charge in [0.1, 0.15) is 0 Å². The lowest BCUT2D eigenvalue weighted by Crippen LogP contribution is -2.36. The smallest absolute Gasteiger partial charge is 0.241 e. The number of nitrogens with two attached hydrogens (primary N) is 1. The van der Waals surface area contributed by atoms with Crippen LogP contribution in [0.2, 0.25) is 0 Å². The van der Waals surface area contributed by atoms with Crippen molar-refractivity contribution in [2.75, 3.05) is 5.32 Å². The lowest BCUT2D eigenvalue weighted by Gasteiger charge is -2.23. The van der Waals surface area contributed by atoms with Crippen molar-refractivity contribution in [3.63, 3.8) is 0 Å². The van der Waals surface area contributed by atoms with Crippen LogP contribution in [-0.2, 0) is 10.2 Å². The molecular weight excluding hydrogens is 224 g/mol. The fraction of sp³-hybridized carbons (Fsp3) is 0.533. The Hall–Kier alpha value is -1.35. The van der Waals surface area contributed by atoms with Gasteiger partial charge in [0.05, 0.1) is 6.04 Å². The predicted octanol–water partition coefficient (Wildman–Crippen LogP) is 3.05. The van der Waals surface area contributed by atoms with Gasteiger partial charge in [0, 0.05) is 5.69 Å². The third-order valence-corrected chi connectivity index (χ3v) is 2.93. The molecule has 0 aliphatic heterocycles. The molecule has 0 aliphatic carbocycles. The van der Waals surface area contributed by atoms with Crippen molar-refractivity contribution in [1.29, 1.82) is 0 Å². The van der Waals surface area contributed by atoms with Crippen LogP contribution < -0.4 is 11.1 Å². The maximum absolute atomic E-state index is 11.9. The first-order valence-corrected chi connectivity index (χ1v) is 6.52. The average Bonchev–Trinajstić information content (AvgIpc) is 2.28. The van der Waals surface area contributed by atoms with Gasteiger partial charge in [0.2, 0.25) is 5.91 Å². The molecule has 3 N–H and O–H groups in total. The molecule has 0 heterocycles. The summed E-state index contributed by atoms with van der Waals surface area (Å²) in [5.41, 5.74) is 7.81. The summed E-state index contributed by atoms with van der Waals surface area (Å²) in [7, 11) is 0. The summed E-state index contributed by atoms with van der Waals surface area (Å²) in [5, 5.41) is 2.94. The van der Waals surface area contributed by atoms with Crippen LogP contribution >= 0.6 is 0 Å². The van der Waals surface area contributed by atoms with E-state index in [-0.39, 0.29) is 11.3 Å². The first kappa shape index (κ1) is 14.7. The van der Waals surface area contributed by atoms with E-state index in [1.54, 1.807) is 0 Å². The number of rotatable bonds is 4. The van der Waals surface area contributed by atoms with Gasteiger partial charge in [-0.1, -0.05) is 52.3 Å². The van der Waals surface area contributed by atoms with Gasteiger partial charge in [-0.05, 0) is 23.5 Å². The number of hydrogen-bond acceptors (Lipinski definition) is 2. The van der Waals surface area contributed by atoms with E-state index in [9.17, 15) is 4.79 Å². The molecule has 100 valence electrons. The molecule has 1 aromatic rings. The van der Waals surface area contributed by atoms with Crippen LogP contribution in [0.25, 0.3) is 0 Å². The normalized spacial score (nSPS) is 13.2. The molecule has 0 radical (unpaired) electrons. The maximum Gasteiger partial charge on any atom is 0.241 e. The summed E-state index contributed by atoms with van der Waals surface area (Å²) in [4.78, 5) is 11.9. The van der Waals surface area contributed by atoms with Gasteiger partial charge in [0.25, 0.3) is 0 Å². The van der Waals surface area contributed by atoms with Crippen LogP contribution in [0.15, 0.2) is 24.3 Å². The van der Waals surface area contributed by atoms with Crippen molar-refractivity contribution in [3.05, 3.63) is 29.8 Å². The Morgan fingerprint density at radius 1 is 1.33 bits per heavy atom. The van der Waals surface area contributed by atoms with Gasteiger partial charge in [-0.2, -0.15) is 0 Å². The lowest BCUT2D eigenvalue weighted by atomic mass is 9.86. The van der Waals surface area contributed by atoms with Crippen LogP contribution in [0.4, 0.5) is 5.69 Å². The third kappa shape index (κ3) is 3.84. The zero-order chi connectivity index (χ0) is 13.8. The standard InChI is InChI=1S/C15H24N2O/c1-5-8-12(16)14(18)17-13-10-7-6-9-11(13)15(2,3)4/h6-7,9-10,12H,5,8,16H2,1-4H3,(H,17,18). The summed E-state index contributed by atoms with van der Waals surface area (Å²) >= 11 is 0. The second-order valence-corrected chi connectivity index (χ2v) is 5.68. The second kappa shape index (κ2) is 6.01. The van der Waals surface area contributed by atoms with Crippen molar-refractivity contribution in [2.24, 2.45) is 5.73 Å². The van der Waals surface area contributed by atoms with Gasteiger partial charge in [-0.15, -0.1) is 0 Å². The monoisotopic (exact) mass is 248 g/mol. The molecule has 0 bridgehead atoms. The van der Waals surface area contributed by atoms with E-state index in [4.69, 9.17) is 5.73 Å².